The van der Waals surface area contributed by atoms with Crippen LogP contribution in [0.2, 0.25) is 0 Å². The third-order valence-electron chi connectivity index (χ3n) is 4.35. The number of aliphatic hydroxyl groups excluding tert-OH is 1. The Bertz CT molecular complexity index is 768. The Balaban J connectivity index is 1.74. The monoisotopic (exact) mass is 361 g/mol. The summed E-state index contributed by atoms with van der Waals surface area (Å²) in [5, 5.41) is 13.6. The van der Waals surface area contributed by atoms with Gasteiger partial charge in [-0.05, 0) is 45.6 Å². The summed E-state index contributed by atoms with van der Waals surface area (Å²) >= 11 is 0. The van der Waals surface area contributed by atoms with Gasteiger partial charge in [-0.15, -0.1) is 0 Å². The molecule has 142 valence electrons. The lowest BCUT2D eigenvalue weighted by molar-refractivity contribution is 0.0206. The zero-order valence-electron chi connectivity index (χ0n) is 15.6. The quantitative estimate of drug-likeness (QED) is 0.772. The maximum atomic E-state index is 12.3. The number of hydrogen-bond donors (Lipinski definition) is 3. The predicted octanol–water partition coefficient (Wildman–Crippen LogP) is 2.30. The summed E-state index contributed by atoms with van der Waals surface area (Å²) in [6.07, 6.45) is 5.48. The van der Waals surface area contributed by atoms with Gasteiger partial charge in [0.05, 0.1) is 5.39 Å². The molecule has 0 spiro atoms. The van der Waals surface area contributed by atoms with E-state index in [1.165, 1.54) is 6.33 Å². The van der Waals surface area contributed by atoms with E-state index < -0.39 is 5.60 Å². The second-order valence-electron chi connectivity index (χ2n) is 7.64. The number of aromatic amines is 1. The first-order chi connectivity index (χ1) is 12.4. The average Bonchev–Trinajstić information content (AvgIpc) is 2.98. The third kappa shape index (κ3) is 4.24. The van der Waals surface area contributed by atoms with Crippen LogP contribution in [-0.4, -0.2) is 62.4 Å². The summed E-state index contributed by atoms with van der Waals surface area (Å²) in [6.45, 7) is 6.95. The van der Waals surface area contributed by atoms with Gasteiger partial charge in [-0.1, -0.05) is 0 Å². The van der Waals surface area contributed by atoms with Gasteiger partial charge < -0.3 is 25.0 Å². The number of nitrogens with zero attached hydrogens (tertiary/aromatic N) is 3. The molecule has 8 heteroatoms. The highest BCUT2D eigenvalue weighted by molar-refractivity contribution is 5.90. The van der Waals surface area contributed by atoms with Crippen molar-refractivity contribution in [2.24, 2.45) is 0 Å². The number of anilines is 1. The minimum absolute atomic E-state index is 0.0666. The van der Waals surface area contributed by atoms with Crippen LogP contribution in [0.4, 0.5) is 10.6 Å². The minimum atomic E-state index is -0.499. The molecule has 0 bridgehead atoms. The fourth-order valence-electron chi connectivity index (χ4n) is 3.23. The predicted molar refractivity (Wildman–Crippen MR) is 99.1 cm³/mol. The van der Waals surface area contributed by atoms with Gasteiger partial charge in [0.1, 0.15) is 23.4 Å². The van der Waals surface area contributed by atoms with Gasteiger partial charge in [-0.25, -0.2) is 14.8 Å². The molecule has 1 atom stereocenters. The number of amides is 1. The fourth-order valence-corrected chi connectivity index (χ4v) is 3.23. The number of carbonyl (C=O) groups is 1. The molecular weight excluding hydrogens is 334 g/mol. The summed E-state index contributed by atoms with van der Waals surface area (Å²) in [4.78, 5) is 25.8. The molecule has 2 aromatic heterocycles. The van der Waals surface area contributed by atoms with Crippen LogP contribution in [0.3, 0.4) is 0 Å². The van der Waals surface area contributed by atoms with Crippen molar-refractivity contribution in [1.29, 1.82) is 0 Å². The molecule has 1 unspecified atom stereocenters. The molecular formula is C18H27N5O3. The maximum absolute atomic E-state index is 12.3. The van der Waals surface area contributed by atoms with E-state index in [1.807, 2.05) is 27.0 Å². The van der Waals surface area contributed by atoms with Crippen molar-refractivity contribution in [1.82, 2.24) is 19.9 Å². The third-order valence-corrected chi connectivity index (χ3v) is 4.35. The molecule has 1 amide bonds. The molecule has 0 aromatic carbocycles. The SMILES string of the molecule is CC(C)(C)OC(=O)N1CCCC(Nc2ncnc3[nH]cc(CCO)c23)C1. The van der Waals surface area contributed by atoms with Crippen LogP contribution < -0.4 is 5.32 Å². The molecule has 3 rings (SSSR count). The molecule has 0 radical (unpaired) electrons. The van der Waals surface area contributed by atoms with Crippen molar-refractivity contribution in [2.45, 2.75) is 51.7 Å². The van der Waals surface area contributed by atoms with E-state index in [2.05, 4.69) is 20.3 Å². The van der Waals surface area contributed by atoms with Crippen LogP contribution in [0.25, 0.3) is 11.0 Å². The number of aromatic nitrogens is 3. The van der Waals surface area contributed by atoms with Gasteiger partial charge in [-0.2, -0.15) is 0 Å². The van der Waals surface area contributed by atoms with Gasteiger partial charge in [0.25, 0.3) is 0 Å². The number of H-pyrrole nitrogens is 1. The van der Waals surface area contributed by atoms with E-state index in [0.717, 1.165) is 35.3 Å². The second kappa shape index (κ2) is 7.49. The van der Waals surface area contributed by atoms with Gasteiger partial charge in [-0.3, -0.25) is 0 Å². The first-order valence-electron chi connectivity index (χ1n) is 9.03. The zero-order valence-corrected chi connectivity index (χ0v) is 15.6. The molecule has 2 aromatic rings. The van der Waals surface area contributed by atoms with Crippen molar-refractivity contribution < 1.29 is 14.6 Å². The van der Waals surface area contributed by atoms with Crippen molar-refractivity contribution in [3.05, 3.63) is 18.1 Å². The number of ether oxygens (including phenoxy) is 1. The average molecular weight is 361 g/mol. The molecule has 1 aliphatic rings. The Hall–Kier alpha value is -2.35. The lowest BCUT2D eigenvalue weighted by atomic mass is 10.1. The molecule has 1 aliphatic heterocycles. The zero-order chi connectivity index (χ0) is 18.7. The number of piperidine rings is 1. The number of hydrogen-bond acceptors (Lipinski definition) is 6. The molecule has 3 N–H and O–H groups in total. The van der Waals surface area contributed by atoms with Crippen LogP contribution in [0.15, 0.2) is 12.5 Å². The van der Waals surface area contributed by atoms with E-state index in [9.17, 15) is 9.90 Å². The second-order valence-corrected chi connectivity index (χ2v) is 7.64. The van der Waals surface area contributed by atoms with Gasteiger partial charge in [0, 0.05) is 31.9 Å². The molecule has 0 aliphatic carbocycles. The van der Waals surface area contributed by atoms with Gasteiger partial charge in [0.15, 0.2) is 0 Å². The smallest absolute Gasteiger partial charge is 0.410 e. The Labute approximate surface area is 153 Å². The molecule has 26 heavy (non-hydrogen) atoms. The van der Waals surface area contributed by atoms with E-state index in [-0.39, 0.29) is 18.7 Å². The Kier molecular flexibility index (Phi) is 5.31. The summed E-state index contributed by atoms with van der Waals surface area (Å²) in [5.74, 6) is 0.732. The first-order valence-corrected chi connectivity index (χ1v) is 9.03. The van der Waals surface area contributed by atoms with E-state index in [1.54, 1.807) is 4.90 Å². The van der Waals surface area contributed by atoms with Crippen LogP contribution in [0.1, 0.15) is 39.2 Å². The molecule has 8 nitrogen and oxygen atoms in total. The van der Waals surface area contributed by atoms with E-state index in [0.29, 0.717) is 19.5 Å². The van der Waals surface area contributed by atoms with Crippen molar-refractivity contribution in [2.75, 3.05) is 25.0 Å². The maximum Gasteiger partial charge on any atom is 0.410 e. The normalized spacial score (nSPS) is 18.2. The Morgan fingerprint density at radius 2 is 2.27 bits per heavy atom. The Morgan fingerprint density at radius 3 is 3.00 bits per heavy atom. The standard InChI is InChI=1S/C18H27N5O3/c1-18(2,3)26-17(25)23-7-4-5-13(10-23)22-16-14-12(6-8-24)9-19-15(14)20-11-21-16/h9,11,13,24H,4-8,10H2,1-3H3,(H2,19,20,21,22). The fraction of sp³-hybridized carbons (Fsp3) is 0.611. The Morgan fingerprint density at radius 1 is 1.46 bits per heavy atom. The molecule has 1 fully saturated rings. The van der Waals surface area contributed by atoms with Crippen LogP contribution in [0.5, 0.6) is 0 Å². The van der Waals surface area contributed by atoms with Crippen molar-refractivity contribution in [3.63, 3.8) is 0 Å². The minimum Gasteiger partial charge on any atom is -0.444 e. The summed E-state index contributed by atoms with van der Waals surface area (Å²) in [6, 6.07) is 0.0891. The lowest BCUT2D eigenvalue weighted by Crippen LogP contribution is -2.47. The largest absolute Gasteiger partial charge is 0.444 e. The molecule has 3 heterocycles. The van der Waals surface area contributed by atoms with Crippen LogP contribution in [-0.2, 0) is 11.2 Å². The topological polar surface area (TPSA) is 103 Å². The van der Waals surface area contributed by atoms with Crippen LogP contribution >= 0.6 is 0 Å². The van der Waals surface area contributed by atoms with Gasteiger partial charge >= 0.3 is 6.09 Å². The summed E-state index contributed by atoms with van der Waals surface area (Å²) < 4.78 is 5.49. The number of nitrogens with one attached hydrogen (secondary N) is 2. The highest BCUT2D eigenvalue weighted by atomic mass is 16.6. The number of carbonyl (C=O) groups excluding carboxylic acids is 1. The first kappa shape index (κ1) is 18.4. The number of aliphatic hydroxyl groups is 1. The number of rotatable bonds is 4. The summed E-state index contributed by atoms with van der Waals surface area (Å²) in [5.41, 5.74) is 1.22. The molecule has 0 saturated carbocycles. The molecule has 1 saturated heterocycles. The van der Waals surface area contributed by atoms with Crippen LogP contribution in [0, 0.1) is 0 Å². The number of likely N-dealkylation sites (tertiary alicyclic amines) is 1. The van der Waals surface area contributed by atoms with Crippen molar-refractivity contribution >= 4 is 22.9 Å². The van der Waals surface area contributed by atoms with E-state index in [4.69, 9.17) is 4.74 Å². The highest BCUT2D eigenvalue weighted by Gasteiger charge is 2.28. The summed E-state index contributed by atoms with van der Waals surface area (Å²) in [7, 11) is 0. The lowest BCUT2D eigenvalue weighted by Gasteiger charge is -2.34. The highest BCUT2D eigenvalue weighted by Crippen LogP contribution is 2.26. The number of fused-ring (bicyclic) bond motifs is 1. The van der Waals surface area contributed by atoms with Crippen molar-refractivity contribution in [3.8, 4) is 0 Å². The van der Waals surface area contributed by atoms with E-state index >= 15 is 0 Å². The van der Waals surface area contributed by atoms with Gasteiger partial charge in [0.2, 0.25) is 0 Å².